The smallest absolute Gasteiger partial charge is 0.240 e. The molecule has 0 bridgehead atoms. The van der Waals surface area contributed by atoms with Crippen molar-refractivity contribution < 1.29 is 9.26 Å². The lowest BCUT2D eigenvalue weighted by Crippen LogP contribution is -2.24. The zero-order chi connectivity index (χ0) is 14.4. The SMILES string of the molecule is Cc1cccc(OCCN(C)Cc2noc(CN)n2)c1. The first-order valence-corrected chi connectivity index (χ1v) is 6.57. The van der Waals surface area contributed by atoms with Crippen molar-refractivity contribution in [3.63, 3.8) is 0 Å². The molecule has 0 amide bonds. The van der Waals surface area contributed by atoms with Crippen LogP contribution in [0.15, 0.2) is 28.8 Å². The number of aryl methyl sites for hydroxylation is 1. The summed E-state index contributed by atoms with van der Waals surface area (Å²) in [6, 6.07) is 8.01. The van der Waals surface area contributed by atoms with E-state index in [2.05, 4.69) is 15.0 Å². The molecule has 0 radical (unpaired) electrons. The topological polar surface area (TPSA) is 77.4 Å². The molecule has 1 heterocycles. The van der Waals surface area contributed by atoms with E-state index in [0.29, 0.717) is 24.9 Å². The average Bonchev–Trinajstić information content (AvgIpc) is 2.86. The second-order valence-electron chi connectivity index (χ2n) is 4.71. The molecule has 0 unspecified atom stereocenters. The molecular weight excluding hydrogens is 256 g/mol. The van der Waals surface area contributed by atoms with Gasteiger partial charge in [-0.15, -0.1) is 0 Å². The third kappa shape index (κ3) is 4.32. The number of nitrogens with zero attached hydrogens (tertiary/aromatic N) is 3. The van der Waals surface area contributed by atoms with Crippen LogP contribution in [0.25, 0.3) is 0 Å². The Morgan fingerprint density at radius 3 is 2.95 bits per heavy atom. The highest BCUT2D eigenvalue weighted by Crippen LogP contribution is 2.12. The van der Waals surface area contributed by atoms with Gasteiger partial charge < -0.3 is 15.0 Å². The van der Waals surface area contributed by atoms with Crippen LogP contribution in [0.5, 0.6) is 5.75 Å². The largest absolute Gasteiger partial charge is 0.492 e. The Labute approximate surface area is 118 Å². The van der Waals surface area contributed by atoms with Crippen LogP contribution in [0.1, 0.15) is 17.3 Å². The van der Waals surface area contributed by atoms with E-state index in [-0.39, 0.29) is 6.54 Å². The zero-order valence-electron chi connectivity index (χ0n) is 11.9. The summed E-state index contributed by atoms with van der Waals surface area (Å²) >= 11 is 0. The highest BCUT2D eigenvalue weighted by atomic mass is 16.5. The Morgan fingerprint density at radius 2 is 2.25 bits per heavy atom. The summed E-state index contributed by atoms with van der Waals surface area (Å²) in [6.07, 6.45) is 0. The quantitative estimate of drug-likeness (QED) is 0.822. The summed E-state index contributed by atoms with van der Waals surface area (Å²) in [6.45, 7) is 4.32. The summed E-state index contributed by atoms with van der Waals surface area (Å²) in [7, 11) is 1.98. The Hall–Kier alpha value is -1.92. The van der Waals surface area contributed by atoms with E-state index in [1.54, 1.807) is 0 Å². The molecule has 0 fully saturated rings. The van der Waals surface area contributed by atoms with Gasteiger partial charge in [0.1, 0.15) is 12.4 Å². The van der Waals surface area contributed by atoms with Crippen molar-refractivity contribution in [1.29, 1.82) is 0 Å². The second-order valence-corrected chi connectivity index (χ2v) is 4.71. The van der Waals surface area contributed by atoms with Gasteiger partial charge in [0.25, 0.3) is 0 Å². The lowest BCUT2D eigenvalue weighted by molar-refractivity contribution is 0.227. The van der Waals surface area contributed by atoms with Crippen LogP contribution in [0.3, 0.4) is 0 Å². The summed E-state index contributed by atoms with van der Waals surface area (Å²) in [5.74, 6) is 2.00. The zero-order valence-corrected chi connectivity index (χ0v) is 11.9. The van der Waals surface area contributed by atoms with Crippen molar-refractivity contribution in [3.05, 3.63) is 41.5 Å². The Balaban J connectivity index is 1.73. The Morgan fingerprint density at radius 1 is 1.40 bits per heavy atom. The van der Waals surface area contributed by atoms with Crippen LogP contribution in [-0.2, 0) is 13.1 Å². The highest BCUT2D eigenvalue weighted by Gasteiger charge is 2.07. The molecule has 2 aromatic rings. The van der Waals surface area contributed by atoms with Crippen LogP contribution in [-0.4, -0.2) is 35.2 Å². The monoisotopic (exact) mass is 276 g/mol. The fraction of sp³-hybridized carbons (Fsp3) is 0.429. The molecule has 0 atom stereocenters. The van der Waals surface area contributed by atoms with E-state index in [1.807, 2.05) is 38.2 Å². The molecule has 20 heavy (non-hydrogen) atoms. The number of likely N-dealkylation sites (N-methyl/N-ethyl adjacent to an activating group) is 1. The van der Waals surface area contributed by atoms with Crippen molar-refractivity contribution in [2.45, 2.75) is 20.0 Å². The van der Waals surface area contributed by atoms with Crippen molar-refractivity contribution in [1.82, 2.24) is 15.0 Å². The minimum Gasteiger partial charge on any atom is -0.492 e. The van der Waals surface area contributed by atoms with Gasteiger partial charge in [-0.1, -0.05) is 17.3 Å². The maximum atomic E-state index is 5.70. The van der Waals surface area contributed by atoms with E-state index in [1.165, 1.54) is 5.56 Å². The number of hydrogen-bond donors (Lipinski definition) is 1. The molecule has 0 saturated carbocycles. The fourth-order valence-electron chi connectivity index (χ4n) is 1.78. The molecule has 0 saturated heterocycles. The molecule has 1 aromatic heterocycles. The molecule has 2 rings (SSSR count). The first kappa shape index (κ1) is 14.5. The summed E-state index contributed by atoms with van der Waals surface area (Å²) in [4.78, 5) is 6.23. The maximum absolute atomic E-state index is 5.70. The molecule has 108 valence electrons. The van der Waals surface area contributed by atoms with Crippen LogP contribution >= 0.6 is 0 Å². The first-order valence-electron chi connectivity index (χ1n) is 6.57. The predicted molar refractivity (Wildman–Crippen MR) is 75.2 cm³/mol. The minimum atomic E-state index is 0.271. The number of benzene rings is 1. The predicted octanol–water partition coefficient (Wildman–Crippen LogP) is 1.35. The summed E-state index contributed by atoms with van der Waals surface area (Å²) in [5, 5.41) is 3.86. The van der Waals surface area contributed by atoms with E-state index < -0.39 is 0 Å². The molecule has 6 nitrogen and oxygen atoms in total. The third-order valence-corrected chi connectivity index (χ3v) is 2.83. The van der Waals surface area contributed by atoms with Gasteiger partial charge in [-0.25, -0.2) is 0 Å². The van der Waals surface area contributed by atoms with Gasteiger partial charge in [-0.3, -0.25) is 4.90 Å². The van der Waals surface area contributed by atoms with Crippen molar-refractivity contribution in [2.24, 2.45) is 5.73 Å². The number of nitrogens with two attached hydrogens (primary N) is 1. The highest BCUT2D eigenvalue weighted by molar-refractivity contribution is 5.27. The van der Waals surface area contributed by atoms with Crippen molar-refractivity contribution in [3.8, 4) is 5.75 Å². The van der Waals surface area contributed by atoms with Gasteiger partial charge in [0.2, 0.25) is 5.89 Å². The fourth-order valence-corrected chi connectivity index (χ4v) is 1.78. The molecule has 0 aliphatic rings. The van der Waals surface area contributed by atoms with Gasteiger partial charge in [-0.05, 0) is 31.7 Å². The Kier molecular flexibility index (Phi) is 5.09. The lowest BCUT2D eigenvalue weighted by atomic mass is 10.2. The van der Waals surface area contributed by atoms with E-state index in [0.717, 1.165) is 12.3 Å². The lowest BCUT2D eigenvalue weighted by Gasteiger charge is -2.15. The van der Waals surface area contributed by atoms with E-state index >= 15 is 0 Å². The van der Waals surface area contributed by atoms with Crippen LogP contribution in [0.2, 0.25) is 0 Å². The number of aromatic nitrogens is 2. The number of rotatable bonds is 7. The number of hydrogen-bond acceptors (Lipinski definition) is 6. The summed E-state index contributed by atoms with van der Waals surface area (Å²) in [5.41, 5.74) is 6.61. The van der Waals surface area contributed by atoms with E-state index in [4.69, 9.17) is 15.0 Å². The first-order chi connectivity index (χ1) is 9.67. The normalized spacial score (nSPS) is 11.0. The standard InChI is InChI=1S/C14H20N4O2/c1-11-4-3-5-12(8-11)19-7-6-18(2)10-13-16-14(9-15)20-17-13/h3-5,8H,6-7,9-10,15H2,1-2H3. The van der Waals surface area contributed by atoms with Gasteiger partial charge in [0.15, 0.2) is 5.82 Å². The molecule has 6 heteroatoms. The molecule has 0 spiro atoms. The molecular formula is C14H20N4O2. The van der Waals surface area contributed by atoms with Gasteiger partial charge >= 0.3 is 0 Å². The van der Waals surface area contributed by atoms with Crippen LogP contribution in [0.4, 0.5) is 0 Å². The van der Waals surface area contributed by atoms with Crippen LogP contribution in [0, 0.1) is 6.92 Å². The van der Waals surface area contributed by atoms with Gasteiger partial charge in [0.05, 0.1) is 13.1 Å². The average molecular weight is 276 g/mol. The third-order valence-electron chi connectivity index (χ3n) is 2.83. The Bertz CT molecular complexity index is 541. The molecule has 1 aromatic carbocycles. The van der Waals surface area contributed by atoms with Crippen LogP contribution < -0.4 is 10.5 Å². The maximum Gasteiger partial charge on any atom is 0.240 e. The second kappa shape index (κ2) is 7.02. The minimum absolute atomic E-state index is 0.271. The van der Waals surface area contributed by atoms with Crippen molar-refractivity contribution >= 4 is 0 Å². The molecule has 0 aliphatic heterocycles. The van der Waals surface area contributed by atoms with E-state index in [9.17, 15) is 0 Å². The number of ether oxygens (including phenoxy) is 1. The van der Waals surface area contributed by atoms with Gasteiger partial charge in [-0.2, -0.15) is 4.98 Å². The molecule has 0 aliphatic carbocycles. The summed E-state index contributed by atoms with van der Waals surface area (Å²) < 4.78 is 10.7. The van der Waals surface area contributed by atoms with Crippen molar-refractivity contribution in [2.75, 3.05) is 20.2 Å². The molecule has 2 N–H and O–H groups in total. The van der Waals surface area contributed by atoms with Gasteiger partial charge in [0, 0.05) is 6.54 Å².